The van der Waals surface area contributed by atoms with Crippen molar-refractivity contribution in [3.05, 3.63) is 63.9 Å². The van der Waals surface area contributed by atoms with Crippen LogP contribution in [0.5, 0.6) is 5.75 Å². The van der Waals surface area contributed by atoms with Crippen LogP contribution in [0.2, 0.25) is 0 Å². The molecule has 0 fully saturated rings. The summed E-state index contributed by atoms with van der Waals surface area (Å²) in [7, 11) is 0. The van der Waals surface area contributed by atoms with Crippen LogP contribution < -0.4 is 4.74 Å². The van der Waals surface area contributed by atoms with Crippen LogP contribution in [-0.2, 0) is 12.0 Å². The van der Waals surface area contributed by atoms with Crippen LogP contribution in [0.3, 0.4) is 0 Å². The third-order valence-corrected chi connectivity index (χ3v) is 3.83. The third kappa shape index (κ3) is 3.60. The van der Waals surface area contributed by atoms with Gasteiger partial charge in [-0.1, -0.05) is 61.0 Å². The minimum absolute atomic E-state index is 0.0244. The van der Waals surface area contributed by atoms with Crippen LogP contribution in [0.1, 0.15) is 31.9 Å². The van der Waals surface area contributed by atoms with Gasteiger partial charge in [0.05, 0.1) is 0 Å². The van der Waals surface area contributed by atoms with Crippen molar-refractivity contribution in [2.45, 2.75) is 32.8 Å². The van der Waals surface area contributed by atoms with E-state index in [4.69, 9.17) is 4.74 Å². The molecular weight excluding hydrogens is 319 g/mol. The summed E-state index contributed by atoms with van der Waals surface area (Å²) >= 11 is 3.36. The summed E-state index contributed by atoms with van der Waals surface area (Å²) in [5.74, 6) is 0.618. The lowest BCUT2D eigenvalue weighted by atomic mass is 9.86. The summed E-state index contributed by atoms with van der Waals surface area (Å²) in [4.78, 5) is 0. The second-order valence-corrected chi connectivity index (χ2v) is 6.62. The van der Waals surface area contributed by atoms with Crippen molar-refractivity contribution in [3.8, 4) is 5.75 Å². The Kier molecular flexibility index (Phi) is 4.48. The van der Waals surface area contributed by atoms with E-state index in [9.17, 15) is 4.39 Å². The molecule has 20 heavy (non-hydrogen) atoms. The second-order valence-electron chi connectivity index (χ2n) is 5.77. The molecule has 3 heteroatoms. The van der Waals surface area contributed by atoms with Gasteiger partial charge < -0.3 is 4.74 Å². The second kappa shape index (κ2) is 5.96. The molecule has 0 aromatic heterocycles. The Morgan fingerprint density at radius 1 is 1.10 bits per heavy atom. The summed E-state index contributed by atoms with van der Waals surface area (Å²) in [5.41, 5.74) is 2.12. The van der Waals surface area contributed by atoms with Crippen molar-refractivity contribution >= 4 is 15.9 Å². The first-order chi connectivity index (χ1) is 9.38. The molecular formula is C17H18BrFO. The highest BCUT2D eigenvalue weighted by atomic mass is 79.9. The number of rotatable bonds is 3. The minimum atomic E-state index is -0.254. The standard InChI is InChI=1S/C17H18BrFO/c1-17(2,3)14-6-4-5-7-16(14)20-11-12-8-9-13(19)10-15(12)18/h4-10H,11H2,1-3H3. The maximum Gasteiger partial charge on any atom is 0.124 e. The molecule has 0 heterocycles. The van der Waals surface area contributed by atoms with E-state index >= 15 is 0 Å². The Balaban J connectivity index is 2.19. The van der Waals surface area contributed by atoms with Gasteiger partial charge >= 0.3 is 0 Å². The van der Waals surface area contributed by atoms with E-state index in [0.29, 0.717) is 6.61 Å². The quantitative estimate of drug-likeness (QED) is 0.722. The van der Waals surface area contributed by atoms with Crippen molar-refractivity contribution in [1.29, 1.82) is 0 Å². The minimum Gasteiger partial charge on any atom is -0.489 e. The summed E-state index contributed by atoms with van der Waals surface area (Å²) in [6.45, 7) is 6.88. The van der Waals surface area contributed by atoms with Crippen molar-refractivity contribution in [1.82, 2.24) is 0 Å². The molecule has 1 nitrogen and oxygen atoms in total. The van der Waals surface area contributed by atoms with E-state index in [2.05, 4.69) is 42.8 Å². The molecule has 0 aliphatic carbocycles. The van der Waals surface area contributed by atoms with Crippen molar-refractivity contribution in [3.63, 3.8) is 0 Å². The third-order valence-electron chi connectivity index (χ3n) is 3.09. The molecule has 0 saturated carbocycles. The van der Waals surface area contributed by atoms with Gasteiger partial charge in [-0.05, 0) is 29.2 Å². The number of halogens is 2. The van der Waals surface area contributed by atoms with Crippen molar-refractivity contribution in [2.24, 2.45) is 0 Å². The van der Waals surface area contributed by atoms with Gasteiger partial charge in [0, 0.05) is 10.0 Å². The van der Waals surface area contributed by atoms with Crippen molar-refractivity contribution < 1.29 is 9.13 Å². The summed E-state index contributed by atoms with van der Waals surface area (Å²) < 4.78 is 19.7. The topological polar surface area (TPSA) is 9.23 Å². The number of hydrogen-bond acceptors (Lipinski definition) is 1. The molecule has 0 unspecified atom stereocenters. The van der Waals surface area contributed by atoms with Gasteiger partial charge in [0.25, 0.3) is 0 Å². The maximum atomic E-state index is 13.1. The predicted molar refractivity (Wildman–Crippen MR) is 83.6 cm³/mol. The Morgan fingerprint density at radius 3 is 2.45 bits per heavy atom. The molecule has 0 bridgehead atoms. The highest BCUT2D eigenvalue weighted by Gasteiger charge is 2.18. The molecule has 0 amide bonds. The first kappa shape index (κ1) is 15.0. The fourth-order valence-electron chi connectivity index (χ4n) is 2.01. The molecule has 2 aromatic rings. The normalized spacial score (nSPS) is 11.4. The van der Waals surface area contributed by atoms with Gasteiger partial charge in [-0.3, -0.25) is 0 Å². The summed E-state index contributed by atoms with van der Waals surface area (Å²) in [6, 6.07) is 12.7. The molecule has 0 aliphatic rings. The van der Waals surface area contributed by atoms with E-state index in [1.165, 1.54) is 17.7 Å². The SMILES string of the molecule is CC(C)(C)c1ccccc1OCc1ccc(F)cc1Br. The monoisotopic (exact) mass is 336 g/mol. The summed E-state index contributed by atoms with van der Waals surface area (Å²) in [6.07, 6.45) is 0. The van der Waals surface area contributed by atoms with Gasteiger partial charge in [-0.2, -0.15) is 0 Å². The van der Waals surface area contributed by atoms with Crippen LogP contribution in [0.25, 0.3) is 0 Å². The molecule has 2 aromatic carbocycles. The van der Waals surface area contributed by atoms with Crippen LogP contribution in [-0.4, -0.2) is 0 Å². The number of ether oxygens (including phenoxy) is 1. The van der Waals surface area contributed by atoms with Gasteiger partial charge in [-0.25, -0.2) is 4.39 Å². The molecule has 0 atom stereocenters. The average molecular weight is 337 g/mol. The average Bonchev–Trinajstić information content (AvgIpc) is 2.37. The van der Waals surface area contributed by atoms with Crippen LogP contribution in [0.15, 0.2) is 46.9 Å². The van der Waals surface area contributed by atoms with Crippen molar-refractivity contribution in [2.75, 3.05) is 0 Å². The van der Waals surface area contributed by atoms with Gasteiger partial charge in [-0.15, -0.1) is 0 Å². The van der Waals surface area contributed by atoms with E-state index in [1.807, 2.05) is 18.2 Å². The first-order valence-corrected chi connectivity index (χ1v) is 7.33. The molecule has 0 N–H and O–H groups in total. The fourth-order valence-corrected chi connectivity index (χ4v) is 2.47. The van der Waals surface area contributed by atoms with Crippen LogP contribution >= 0.6 is 15.9 Å². The highest BCUT2D eigenvalue weighted by Crippen LogP contribution is 2.31. The predicted octanol–water partition coefficient (Wildman–Crippen LogP) is 5.46. The van der Waals surface area contributed by atoms with Gasteiger partial charge in [0.15, 0.2) is 0 Å². The summed E-state index contributed by atoms with van der Waals surface area (Å²) in [5, 5.41) is 0. The highest BCUT2D eigenvalue weighted by molar-refractivity contribution is 9.10. The van der Waals surface area contributed by atoms with E-state index < -0.39 is 0 Å². The Labute approximate surface area is 127 Å². The van der Waals surface area contributed by atoms with E-state index in [1.54, 1.807) is 6.07 Å². The molecule has 0 radical (unpaired) electrons. The Morgan fingerprint density at radius 2 is 1.80 bits per heavy atom. The number of para-hydroxylation sites is 1. The zero-order chi connectivity index (χ0) is 14.8. The zero-order valence-corrected chi connectivity index (χ0v) is 13.5. The number of benzene rings is 2. The first-order valence-electron chi connectivity index (χ1n) is 6.54. The molecule has 0 spiro atoms. The maximum absolute atomic E-state index is 13.1. The molecule has 0 saturated heterocycles. The van der Waals surface area contributed by atoms with E-state index in [0.717, 1.165) is 15.8 Å². The smallest absolute Gasteiger partial charge is 0.124 e. The lowest BCUT2D eigenvalue weighted by Crippen LogP contribution is -2.13. The molecule has 2 rings (SSSR count). The Hall–Kier alpha value is -1.35. The van der Waals surface area contributed by atoms with Gasteiger partial charge in [0.1, 0.15) is 18.2 Å². The number of hydrogen-bond donors (Lipinski definition) is 0. The Bertz CT molecular complexity index is 602. The van der Waals surface area contributed by atoms with E-state index in [-0.39, 0.29) is 11.2 Å². The van der Waals surface area contributed by atoms with Gasteiger partial charge in [0.2, 0.25) is 0 Å². The van der Waals surface area contributed by atoms with Crippen LogP contribution in [0.4, 0.5) is 4.39 Å². The lowest BCUT2D eigenvalue weighted by Gasteiger charge is -2.22. The largest absolute Gasteiger partial charge is 0.489 e. The molecule has 0 aliphatic heterocycles. The lowest BCUT2D eigenvalue weighted by molar-refractivity contribution is 0.296. The van der Waals surface area contributed by atoms with Crippen LogP contribution in [0, 0.1) is 5.82 Å². The molecule has 106 valence electrons. The zero-order valence-electron chi connectivity index (χ0n) is 11.9. The fraction of sp³-hybridized carbons (Fsp3) is 0.294.